The van der Waals surface area contributed by atoms with Crippen LogP contribution in [0.5, 0.6) is 0 Å². The summed E-state index contributed by atoms with van der Waals surface area (Å²) in [6, 6.07) is 6.78. The third kappa shape index (κ3) is 10.4. The van der Waals surface area contributed by atoms with Crippen LogP contribution in [0.1, 0.15) is 49.7 Å². The number of rotatable bonds is 9. The minimum absolute atomic E-state index is 0.0207. The van der Waals surface area contributed by atoms with Gasteiger partial charge in [-0.2, -0.15) is 4.98 Å². The second-order valence-electron chi connectivity index (χ2n) is 8.94. The van der Waals surface area contributed by atoms with Gasteiger partial charge in [0.2, 0.25) is 11.9 Å². The van der Waals surface area contributed by atoms with Crippen molar-refractivity contribution in [2.75, 3.05) is 17.2 Å². The van der Waals surface area contributed by atoms with Crippen molar-refractivity contribution >= 4 is 47.2 Å². The fraction of sp³-hybridized carbons (Fsp3) is 0.333. The second kappa shape index (κ2) is 14.0. The van der Waals surface area contributed by atoms with Crippen LogP contribution in [0.25, 0.3) is 11.2 Å². The second-order valence-corrected chi connectivity index (χ2v) is 8.94. The average molecular weight is 543 g/mol. The largest absolute Gasteiger partial charge is 0.483 e. The number of carbonyl (C=O) groups is 4. The van der Waals surface area contributed by atoms with Crippen molar-refractivity contribution in [3.05, 3.63) is 52.1 Å². The molecule has 208 valence electrons. The van der Waals surface area contributed by atoms with Crippen LogP contribution in [0.3, 0.4) is 0 Å². The standard InChI is InChI=1S/C23H28N8O5.CH2O2/c1-23(2,3)36-22(35)31-21-29-18-17(20(34)30-21)28-15(12-27-18)11-26-14-8-6-13(7-9-14)19(33)25-10-4-5-16(24)32;2-1-3/h6-9,12,26H,4-5,10-11H2,1-3H3,(H2,24,32)(H,25,33)(H2,27,29,30,31,34,35);1H,(H,2,3). The summed E-state index contributed by atoms with van der Waals surface area (Å²) in [5.74, 6) is -0.755. The van der Waals surface area contributed by atoms with E-state index in [2.05, 4.69) is 35.9 Å². The van der Waals surface area contributed by atoms with E-state index in [1.807, 2.05) is 0 Å². The van der Waals surface area contributed by atoms with Gasteiger partial charge in [-0.3, -0.25) is 29.5 Å². The Morgan fingerprint density at radius 1 is 1.15 bits per heavy atom. The number of amides is 3. The Morgan fingerprint density at radius 3 is 2.44 bits per heavy atom. The van der Waals surface area contributed by atoms with Crippen LogP contribution in [-0.4, -0.2) is 61.6 Å². The van der Waals surface area contributed by atoms with Gasteiger partial charge in [0.05, 0.1) is 18.4 Å². The van der Waals surface area contributed by atoms with E-state index >= 15 is 0 Å². The lowest BCUT2D eigenvalue weighted by atomic mass is 10.2. The minimum Gasteiger partial charge on any atom is -0.483 e. The zero-order valence-electron chi connectivity index (χ0n) is 21.6. The van der Waals surface area contributed by atoms with Gasteiger partial charge in [-0.25, -0.2) is 14.8 Å². The first-order valence-corrected chi connectivity index (χ1v) is 11.7. The fourth-order valence-electron chi connectivity index (χ4n) is 3.00. The number of carboxylic acid groups (broad SMARTS) is 1. The van der Waals surface area contributed by atoms with Gasteiger partial charge in [-0.15, -0.1) is 0 Å². The molecule has 3 amide bonds. The maximum atomic E-state index is 12.5. The van der Waals surface area contributed by atoms with Crippen molar-refractivity contribution in [3.63, 3.8) is 0 Å². The number of ether oxygens (including phenoxy) is 1. The van der Waals surface area contributed by atoms with Gasteiger partial charge in [0.1, 0.15) is 5.60 Å². The summed E-state index contributed by atoms with van der Waals surface area (Å²) in [6.45, 7) is 5.51. The van der Waals surface area contributed by atoms with Gasteiger partial charge in [-0.05, 0) is 51.5 Å². The van der Waals surface area contributed by atoms with E-state index in [-0.39, 0.29) is 42.5 Å². The van der Waals surface area contributed by atoms with Gasteiger partial charge >= 0.3 is 6.09 Å². The maximum Gasteiger partial charge on any atom is 0.414 e. The van der Waals surface area contributed by atoms with Gasteiger partial charge in [0, 0.05) is 24.2 Å². The molecule has 0 saturated heterocycles. The summed E-state index contributed by atoms with van der Waals surface area (Å²) in [6.07, 6.45) is 1.40. The first-order valence-electron chi connectivity index (χ1n) is 11.7. The number of anilines is 2. The number of benzene rings is 1. The van der Waals surface area contributed by atoms with Crippen molar-refractivity contribution in [2.24, 2.45) is 5.73 Å². The molecule has 0 bridgehead atoms. The molecule has 0 atom stereocenters. The van der Waals surface area contributed by atoms with E-state index in [1.165, 1.54) is 6.20 Å². The molecule has 0 spiro atoms. The summed E-state index contributed by atoms with van der Waals surface area (Å²) in [5.41, 5.74) is 5.58. The molecule has 0 unspecified atom stereocenters. The highest BCUT2D eigenvalue weighted by Crippen LogP contribution is 2.13. The van der Waals surface area contributed by atoms with Gasteiger partial charge in [0.25, 0.3) is 17.9 Å². The van der Waals surface area contributed by atoms with Crippen molar-refractivity contribution in [1.82, 2.24) is 25.3 Å². The molecule has 0 saturated carbocycles. The van der Waals surface area contributed by atoms with Crippen LogP contribution < -0.4 is 27.2 Å². The highest BCUT2D eigenvalue weighted by Gasteiger charge is 2.18. The molecule has 1 aromatic carbocycles. The first-order chi connectivity index (χ1) is 18.4. The van der Waals surface area contributed by atoms with Crippen LogP contribution >= 0.6 is 0 Å². The Bertz CT molecular complexity index is 1370. The zero-order chi connectivity index (χ0) is 29.0. The van der Waals surface area contributed by atoms with Crippen molar-refractivity contribution < 1.29 is 29.0 Å². The Labute approximate surface area is 222 Å². The van der Waals surface area contributed by atoms with E-state index in [0.29, 0.717) is 24.2 Å². The Hall–Kier alpha value is -5.08. The predicted octanol–water partition coefficient (Wildman–Crippen LogP) is 1.37. The molecule has 0 aliphatic heterocycles. The number of aromatic amines is 1. The smallest absolute Gasteiger partial charge is 0.414 e. The molecule has 15 heteroatoms. The zero-order valence-corrected chi connectivity index (χ0v) is 21.6. The molecule has 2 aromatic heterocycles. The molecular formula is C24H30N8O7. The number of hydrogen-bond donors (Lipinski definition) is 6. The number of H-pyrrole nitrogens is 1. The molecule has 0 fully saturated rings. The molecule has 3 rings (SSSR count). The summed E-state index contributed by atoms with van der Waals surface area (Å²) in [7, 11) is 0. The minimum atomic E-state index is -0.759. The third-order valence-corrected chi connectivity index (χ3v) is 4.59. The normalized spacial score (nSPS) is 10.5. The van der Waals surface area contributed by atoms with Crippen molar-refractivity contribution in [1.29, 1.82) is 0 Å². The summed E-state index contributed by atoms with van der Waals surface area (Å²) < 4.78 is 5.14. The van der Waals surface area contributed by atoms with E-state index < -0.39 is 23.2 Å². The maximum absolute atomic E-state index is 12.5. The Morgan fingerprint density at radius 2 is 1.82 bits per heavy atom. The molecular weight excluding hydrogens is 512 g/mol. The number of nitrogens with zero attached hydrogens (tertiary/aromatic N) is 3. The molecule has 0 aliphatic carbocycles. The Kier molecular flexibility index (Phi) is 10.8. The number of fused-ring (bicyclic) bond motifs is 1. The quantitative estimate of drug-likeness (QED) is 0.167. The lowest BCUT2D eigenvalue weighted by Crippen LogP contribution is -2.28. The van der Waals surface area contributed by atoms with Gasteiger partial charge < -0.3 is 26.2 Å². The van der Waals surface area contributed by atoms with E-state index in [4.69, 9.17) is 20.4 Å². The van der Waals surface area contributed by atoms with Gasteiger partial charge in [-0.1, -0.05) is 0 Å². The summed E-state index contributed by atoms with van der Waals surface area (Å²) in [4.78, 5) is 70.6. The Balaban J connectivity index is 0.00000170. The van der Waals surface area contributed by atoms with Gasteiger partial charge in [0.15, 0.2) is 11.2 Å². The lowest BCUT2D eigenvalue weighted by Gasteiger charge is -2.19. The van der Waals surface area contributed by atoms with E-state index in [0.717, 1.165) is 5.69 Å². The molecule has 3 aromatic rings. The predicted molar refractivity (Wildman–Crippen MR) is 141 cm³/mol. The summed E-state index contributed by atoms with van der Waals surface area (Å²) in [5, 5.41) is 15.1. The van der Waals surface area contributed by atoms with Crippen LogP contribution in [0, 0.1) is 0 Å². The number of aromatic nitrogens is 4. The van der Waals surface area contributed by atoms with Crippen LogP contribution in [0.2, 0.25) is 0 Å². The van der Waals surface area contributed by atoms with Crippen LogP contribution in [0.4, 0.5) is 16.4 Å². The number of nitrogens with two attached hydrogens (primary N) is 1. The molecule has 39 heavy (non-hydrogen) atoms. The number of carbonyl (C=O) groups excluding carboxylic acids is 3. The fourth-order valence-corrected chi connectivity index (χ4v) is 3.00. The molecule has 15 nitrogen and oxygen atoms in total. The van der Waals surface area contributed by atoms with Crippen molar-refractivity contribution in [2.45, 2.75) is 45.8 Å². The molecule has 2 heterocycles. The van der Waals surface area contributed by atoms with E-state index in [1.54, 1.807) is 45.0 Å². The highest BCUT2D eigenvalue weighted by molar-refractivity contribution is 5.94. The van der Waals surface area contributed by atoms with Crippen LogP contribution in [-0.2, 0) is 20.9 Å². The van der Waals surface area contributed by atoms with Crippen LogP contribution in [0.15, 0.2) is 35.3 Å². The number of primary amides is 1. The monoisotopic (exact) mass is 542 g/mol. The molecule has 0 aliphatic rings. The third-order valence-electron chi connectivity index (χ3n) is 4.59. The molecule has 7 N–H and O–H groups in total. The van der Waals surface area contributed by atoms with Crippen molar-refractivity contribution in [3.8, 4) is 0 Å². The topological polar surface area (TPSA) is 231 Å². The van der Waals surface area contributed by atoms with E-state index in [9.17, 15) is 19.2 Å². The summed E-state index contributed by atoms with van der Waals surface area (Å²) >= 11 is 0. The number of nitrogens with one attached hydrogen (secondary N) is 4. The SMILES string of the molecule is CC(C)(C)OC(=O)Nc1nc2ncc(CNc3ccc(C(=O)NCCCC(N)=O)cc3)nc2c(=O)[nH]1.O=CO. The molecule has 0 radical (unpaired) electrons. The first kappa shape index (κ1) is 30.1. The average Bonchev–Trinajstić information content (AvgIpc) is 2.85. The highest BCUT2D eigenvalue weighted by atomic mass is 16.6. The lowest BCUT2D eigenvalue weighted by molar-refractivity contribution is -0.123. The number of hydrogen-bond acceptors (Lipinski definition) is 10.